The van der Waals surface area contributed by atoms with Crippen LogP contribution in [0.25, 0.3) is 0 Å². The Hall–Kier alpha value is -0.770. The van der Waals surface area contributed by atoms with Gasteiger partial charge in [-0.25, -0.2) is 0 Å². The maximum atomic E-state index is 6.19. The molecule has 0 aliphatic carbocycles. The third kappa shape index (κ3) is 3.62. The Bertz CT molecular complexity index is 555. The molecule has 0 bridgehead atoms. The highest BCUT2D eigenvalue weighted by Gasteiger charge is 2.13. The van der Waals surface area contributed by atoms with Crippen molar-refractivity contribution in [2.45, 2.75) is 12.5 Å². The second-order valence-electron chi connectivity index (χ2n) is 4.19. The molecule has 0 aromatic heterocycles. The first kappa shape index (κ1) is 14.6. The van der Waals surface area contributed by atoms with Gasteiger partial charge in [0.1, 0.15) is 0 Å². The van der Waals surface area contributed by atoms with Gasteiger partial charge in [0.25, 0.3) is 0 Å². The molecule has 1 unspecified atom stereocenters. The van der Waals surface area contributed by atoms with Crippen LogP contribution in [0.15, 0.2) is 42.5 Å². The van der Waals surface area contributed by atoms with E-state index in [0.717, 1.165) is 11.1 Å². The van der Waals surface area contributed by atoms with Gasteiger partial charge >= 0.3 is 0 Å². The van der Waals surface area contributed by atoms with Gasteiger partial charge in [0.2, 0.25) is 0 Å². The third-order valence-electron chi connectivity index (χ3n) is 2.93. The highest BCUT2D eigenvalue weighted by atomic mass is 35.5. The van der Waals surface area contributed by atoms with Crippen molar-refractivity contribution < 1.29 is 0 Å². The molecular weight excluding hydrogens is 303 g/mol. The molecule has 1 atom stereocenters. The Balaban J connectivity index is 2.24. The molecule has 0 spiro atoms. The van der Waals surface area contributed by atoms with E-state index >= 15 is 0 Å². The number of nitrogens with one attached hydrogen (secondary N) is 1. The lowest BCUT2D eigenvalue weighted by atomic mass is 9.99. The molecule has 100 valence electrons. The standard InChI is InChI=1S/C14H13Cl3N2/c15-11-6-4-9(5-7-11)13(19-18)8-10-2-1-3-12(16)14(10)17/h1-7,13,19H,8,18H2. The molecule has 2 rings (SSSR count). The molecule has 5 heteroatoms. The molecule has 2 aromatic carbocycles. The van der Waals surface area contributed by atoms with Gasteiger partial charge in [-0.05, 0) is 35.7 Å². The monoisotopic (exact) mass is 314 g/mol. The van der Waals surface area contributed by atoms with E-state index in [1.54, 1.807) is 6.07 Å². The molecule has 0 aliphatic heterocycles. The predicted molar refractivity (Wildman–Crippen MR) is 81.7 cm³/mol. The van der Waals surface area contributed by atoms with Gasteiger partial charge in [0, 0.05) is 5.02 Å². The lowest BCUT2D eigenvalue weighted by Gasteiger charge is -2.17. The molecule has 0 saturated heterocycles. The van der Waals surface area contributed by atoms with Crippen LogP contribution in [0.4, 0.5) is 0 Å². The number of halogens is 3. The smallest absolute Gasteiger partial charge is 0.0624 e. The van der Waals surface area contributed by atoms with E-state index in [9.17, 15) is 0 Å². The molecule has 0 fully saturated rings. The number of hydrogen-bond donors (Lipinski definition) is 2. The molecule has 3 N–H and O–H groups in total. The number of nitrogens with two attached hydrogens (primary N) is 1. The average molecular weight is 316 g/mol. The minimum Gasteiger partial charge on any atom is -0.271 e. The molecule has 0 aliphatic rings. The van der Waals surface area contributed by atoms with Crippen molar-refractivity contribution in [1.29, 1.82) is 0 Å². The van der Waals surface area contributed by atoms with E-state index in [-0.39, 0.29) is 6.04 Å². The fourth-order valence-electron chi connectivity index (χ4n) is 1.89. The Kier molecular flexibility index (Phi) is 5.08. The second kappa shape index (κ2) is 6.60. The fourth-order valence-corrected chi connectivity index (χ4v) is 2.42. The normalized spacial score (nSPS) is 12.4. The predicted octanol–water partition coefficient (Wildman–Crippen LogP) is 4.39. The minimum atomic E-state index is -0.0479. The van der Waals surface area contributed by atoms with Crippen molar-refractivity contribution in [3.8, 4) is 0 Å². The molecule has 0 radical (unpaired) electrons. The van der Waals surface area contributed by atoms with Crippen molar-refractivity contribution in [3.05, 3.63) is 68.7 Å². The topological polar surface area (TPSA) is 38.0 Å². The molecule has 19 heavy (non-hydrogen) atoms. The third-order valence-corrected chi connectivity index (χ3v) is 4.04. The number of benzene rings is 2. The Labute approximate surface area is 127 Å². The number of rotatable bonds is 4. The molecule has 0 heterocycles. The summed E-state index contributed by atoms with van der Waals surface area (Å²) >= 11 is 18.1. The zero-order valence-corrected chi connectivity index (χ0v) is 12.3. The van der Waals surface area contributed by atoms with Gasteiger partial charge < -0.3 is 0 Å². The Morgan fingerprint density at radius 2 is 1.68 bits per heavy atom. The lowest BCUT2D eigenvalue weighted by Crippen LogP contribution is -2.29. The summed E-state index contributed by atoms with van der Waals surface area (Å²) in [5, 5.41) is 1.81. The molecule has 0 saturated carbocycles. The van der Waals surface area contributed by atoms with Crippen LogP contribution in [0.1, 0.15) is 17.2 Å². The molecule has 2 nitrogen and oxygen atoms in total. The van der Waals surface area contributed by atoms with Gasteiger partial charge in [-0.2, -0.15) is 0 Å². The van der Waals surface area contributed by atoms with E-state index in [1.165, 1.54) is 0 Å². The second-order valence-corrected chi connectivity index (χ2v) is 5.41. The molecule has 2 aromatic rings. The van der Waals surface area contributed by atoms with Crippen LogP contribution in [0.2, 0.25) is 15.1 Å². The number of hydrogen-bond acceptors (Lipinski definition) is 2. The van der Waals surface area contributed by atoms with Gasteiger partial charge in [-0.1, -0.05) is 59.1 Å². The van der Waals surface area contributed by atoms with E-state index in [0.29, 0.717) is 21.5 Å². The lowest BCUT2D eigenvalue weighted by molar-refractivity contribution is 0.552. The molecule has 0 amide bonds. The summed E-state index contributed by atoms with van der Waals surface area (Å²) in [4.78, 5) is 0. The highest BCUT2D eigenvalue weighted by molar-refractivity contribution is 6.42. The number of hydrazine groups is 1. The van der Waals surface area contributed by atoms with E-state index in [1.807, 2.05) is 36.4 Å². The van der Waals surface area contributed by atoms with Gasteiger partial charge in [0.15, 0.2) is 0 Å². The van der Waals surface area contributed by atoms with Crippen LogP contribution < -0.4 is 11.3 Å². The SMILES string of the molecule is NNC(Cc1cccc(Cl)c1Cl)c1ccc(Cl)cc1. The molecular formula is C14H13Cl3N2. The largest absolute Gasteiger partial charge is 0.271 e. The summed E-state index contributed by atoms with van der Waals surface area (Å²) in [6, 6.07) is 13.1. The van der Waals surface area contributed by atoms with E-state index in [4.69, 9.17) is 40.6 Å². The zero-order valence-electron chi connectivity index (χ0n) is 10.0. The van der Waals surface area contributed by atoms with Crippen molar-refractivity contribution in [3.63, 3.8) is 0 Å². The minimum absolute atomic E-state index is 0.0479. The van der Waals surface area contributed by atoms with Crippen LogP contribution in [0, 0.1) is 0 Å². The first-order valence-electron chi connectivity index (χ1n) is 5.76. The first-order valence-corrected chi connectivity index (χ1v) is 6.89. The van der Waals surface area contributed by atoms with Crippen LogP contribution >= 0.6 is 34.8 Å². The van der Waals surface area contributed by atoms with Crippen molar-refractivity contribution in [1.82, 2.24) is 5.43 Å². The highest BCUT2D eigenvalue weighted by Crippen LogP contribution is 2.29. The first-order chi connectivity index (χ1) is 9.11. The quantitative estimate of drug-likeness (QED) is 0.648. The fraction of sp³-hybridized carbons (Fsp3) is 0.143. The summed E-state index contributed by atoms with van der Waals surface area (Å²) < 4.78 is 0. The summed E-state index contributed by atoms with van der Waals surface area (Å²) in [5.74, 6) is 5.62. The van der Waals surface area contributed by atoms with E-state index in [2.05, 4.69) is 5.43 Å². The summed E-state index contributed by atoms with van der Waals surface area (Å²) in [6.45, 7) is 0. The van der Waals surface area contributed by atoms with Gasteiger partial charge in [-0.3, -0.25) is 11.3 Å². The zero-order chi connectivity index (χ0) is 13.8. The Morgan fingerprint density at radius 1 is 1.00 bits per heavy atom. The van der Waals surface area contributed by atoms with Gasteiger partial charge in [0.05, 0.1) is 16.1 Å². The maximum Gasteiger partial charge on any atom is 0.0624 e. The van der Waals surface area contributed by atoms with Crippen molar-refractivity contribution in [2.24, 2.45) is 5.84 Å². The van der Waals surface area contributed by atoms with Gasteiger partial charge in [-0.15, -0.1) is 0 Å². The van der Waals surface area contributed by atoms with Crippen LogP contribution in [-0.2, 0) is 6.42 Å². The summed E-state index contributed by atoms with van der Waals surface area (Å²) in [6.07, 6.45) is 0.650. The Morgan fingerprint density at radius 3 is 2.32 bits per heavy atom. The van der Waals surface area contributed by atoms with Crippen LogP contribution in [0.3, 0.4) is 0 Å². The van der Waals surface area contributed by atoms with E-state index < -0.39 is 0 Å². The summed E-state index contributed by atoms with van der Waals surface area (Å²) in [5.41, 5.74) is 4.78. The van der Waals surface area contributed by atoms with Crippen LogP contribution in [0.5, 0.6) is 0 Å². The maximum absolute atomic E-state index is 6.19. The van der Waals surface area contributed by atoms with Crippen molar-refractivity contribution >= 4 is 34.8 Å². The van der Waals surface area contributed by atoms with Crippen molar-refractivity contribution in [2.75, 3.05) is 0 Å². The average Bonchev–Trinajstić information content (AvgIpc) is 2.42. The van der Waals surface area contributed by atoms with Crippen LogP contribution in [-0.4, -0.2) is 0 Å². The summed E-state index contributed by atoms with van der Waals surface area (Å²) in [7, 11) is 0.